The van der Waals surface area contributed by atoms with Gasteiger partial charge in [0.2, 0.25) is 21.8 Å². The fourth-order valence-electron chi connectivity index (χ4n) is 5.73. The number of rotatable bonds is 6. The molecule has 0 spiro atoms. The first-order chi connectivity index (χ1) is 16.4. The van der Waals surface area contributed by atoms with Crippen molar-refractivity contribution >= 4 is 21.8 Å². The minimum absolute atomic E-state index is 0.0204. The van der Waals surface area contributed by atoms with Crippen LogP contribution < -0.4 is 9.46 Å². The molecular weight excluding hydrogens is 452 g/mol. The molecule has 2 aromatic carbocycles. The maximum Gasteiger partial charge on any atom is 0.244 e. The second-order valence-electron chi connectivity index (χ2n) is 9.51. The molecule has 1 heterocycles. The summed E-state index contributed by atoms with van der Waals surface area (Å²) in [5.41, 5.74) is 2.75. The van der Waals surface area contributed by atoms with E-state index in [4.69, 9.17) is 4.74 Å². The summed E-state index contributed by atoms with van der Waals surface area (Å²) in [5, 5.41) is 0. The van der Waals surface area contributed by atoms with Crippen molar-refractivity contribution in [2.45, 2.75) is 62.4 Å². The van der Waals surface area contributed by atoms with Crippen LogP contribution >= 0.6 is 0 Å². The van der Waals surface area contributed by atoms with Crippen LogP contribution in [-0.2, 0) is 32.6 Å². The van der Waals surface area contributed by atoms with Gasteiger partial charge in [-0.05, 0) is 60.9 Å². The standard InChI is InChI=1S/C26H30N2O5S/c1-33-23-14-13-17(16-28-25(29)20-10-4-5-11-21(20)26(28)30)15-24(23)34(31,32)27-22-12-6-8-18-7-2-3-9-19(18)22/h2-3,7,9,13-15,20-22,27H,4-6,8,10-12,16H2,1H3. The zero-order valence-corrected chi connectivity index (χ0v) is 20.1. The first-order valence-corrected chi connectivity index (χ1v) is 13.5. The Morgan fingerprint density at radius 2 is 1.68 bits per heavy atom. The zero-order chi connectivity index (χ0) is 23.9. The van der Waals surface area contributed by atoms with Crippen LogP contribution in [0.2, 0.25) is 0 Å². The van der Waals surface area contributed by atoms with Crippen LogP contribution in [0, 0.1) is 11.8 Å². The molecule has 1 N–H and O–H groups in total. The highest BCUT2D eigenvalue weighted by molar-refractivity contribution is 7.89. The van der Waals surface area contributed by atoms with Crippen LogP contribution in [0.25, 0.3) is 0 Å². The van der Waals surface area contributed by atoms with E-state index in [1.54, 1.807) is 12.1 Å². The van der Waals surface area contributed by atoms with Gasteiger partial charge in [-0.25, -0.2) is 13.1 Å². The third-order valence-corrected chi connectivity index (χ3v) is 8.95. The highest BCUT2D eigenvalue weighted by atomic mass is 32.2. The summed E-state index contributed by atoms with van der Waals surface area (Å²) in [6, 6.07) is 12.4. The van der Waals surface area contributed by atoms with E-state index in [-0.39, 0.29) is 46.9 Å². The van der Waals surface area contributed by atoms with Gasteiger partial charge in [0.15, 0.2) is 0 Å². The smallest absolute Gasteiger partial charge is 0.244 e. The van der Waals surface area contributed by atoms with E-state index in [1.807, 2.05) is 24.3 Å². The van der Waals surface area contributed by atoms with Crippen molar-refractivity contribution < 1.29 is 22.7 Å². The lowest BCUT2D eigenvalue weighted by Gasteiger charge is -2.26. The Hall–Kier alpha value is -2.71. The van der Waals surface area contributed by atoms with Crippen molar-refractivity contribution in [2.75, 3.05) is 7.11 Å². The van der Waals surface area contributed by atoms with Gasteiger partial charge in [-0.2, -0.15) is 0 Å². The average molecular weight is 483 g/mol. The molecule has 0 bridgehead atoms. The van der Waals surface area contributed by atoms with Gasteiger partial charge in [0.1, 0.15) is 10.6 Å². The van der Waals surface area contributed by atoms with Gasteiger partial charge in [0.05, 0.1) is 25.5 Å². The van der Waals surface area contributed by atoms with Crippen molar-refractivity contribution in [1.82, 2.24) is 9.62 Å². The quantitative estimate of drug-likeness (QED) is 0.634. The number of hydrogen-bond donors (Lipinski definition) is 1. The SMILES string of the molecule is COc1ccc(CN2C(=O)C3CCCCC3C2=O)cc1S(=O)(=O)NC1CCCc2ccccc21. The molecule has 0 radical (unpaired) electrons. The summed E-state index contributed by atoms with van der Waals surface area (Å²) in [5.74, 6) is -0.488. The monoisotopic (exact) mass is 482 g/mol. The highest BCUT2D eigenvalue weighted by Gasteiger charge is 2.48. The van der Waals surface area contributed by atoms with E-state index in [0.29, 0.717) is 5.56 Å². The van der Waals surface area contributed by atoms with Gasteiger partial charge < -0.3 is 4.74 Å². The normalized spacial score (nSPS) is 24.6. The van der Waals surface area contributed by atoms with E-state index < -0.39 is 10.0 Å². The first kappa shape index (κ1) is 23.1. The van der Waals surface area contributed by atoms with E-state index in [1.165, 1.54) is 18.1 Å². The van der Waals surface area contributed by atoms with E-state index >= 15 is 0 Å². The Bertz CT molecular complexity index is 1200. The third-order valence-electron chi connectivity index (χ3n) is 7.46. The lowest BCUT2D eigenvalue weighted by molar-refractivity contribution is -0.140. The number of ether oxygens (including phenoxy) is 1. The number of sulfonamides is 1. The maximum absolute atomic E-state index is 13.5. The molecular formula is C26H30N2O5S. The molecule has 5 rings (SSSR count). The number of carbonyl (C=O) groups excluding carboxylic acids is 2. The zero-order valence-electron chi connectivity index (χ0n) is 19.3. The second-order valence-corrected chi connectivity index (χ2v) is 11.2. The molecule has 0 aromatic heterocycles. The molecule has 180 valence electrons. The number of hydrogen-bond acceptors (Lipinski definition) is 5. The highest BCUT2D eigenvalue weighted by Crippen LogP contribution is 2.39. The lowest BCUT2D eigenvalue weighted by Crippen LogP contribution is -2.32. The minimum atomic E-state index is -3.91. The lowest BCUT2D eigenvalue weighted by atomic mass is 9.81. The van der Waals surface area contributed by atoms with E-state index in [0.717, 1.165) is 56.1 Å². The van der Waals surface area contributed by atoms with Gasteiger partial charge in [0, 0.05) is 6.04 Å². The molecule has 3 unspecified atom stereocenters. The number of imide groups is 1. The van der Waals surface area contributed by atoms with Crippen LogP contribution in [-0.4, -0.2) is 32.2 Å². The molecule has 1 aliphatic heterocycles. The average Bonchev–Trinajstić information content (AvgIpc) is 3.09. The summed E-state index contributed by atoms with van der Waals surface area (Å²) in [6.07, 6.45) is 6.00. The van der Waals surface area contributed by atoms with E-state index in [9.17, 15) is 18.0 Å². The van der Waals surface area contributed by atoms with Crippen molar-refractivity contribution in [3.8, 4) is 5.75 Å². The number of aryl methyl sites for hydroxylation is 1. The third kappa shape index (κ3) is 4.14. The fraction of sp³-hybridized carbons (Fsp3) is 0.462. The molecule has 7 nitrogen and oxygen atoms in total. The molecule has 1 saturated heterocycles. The molecule has 1 saturated carbocycles. The second kappa shape index (κ2) is 9.15. The molecule has 2 fully saturated rings. The number of methoxy groups -OCH3 is 1. The summed E-state index contributed by atoms with van der Waals surface area (Å²) in [6.45, 7) is 0.0729. The number of nitrogens with one attached hydrogen (secondary N) is 1. The Morgan fingerprint density at radius 1 is 0.971 bits per heavy atom. The minimum Gasteiger partial charge on any atom is -0.495 e. The van der Waals surface area contributed by atoms with E-state index in [2.05, 4.69) is 4.72 Å². The molecule has 8 heteroatoms. The van der Waals surface area contributed by atoms with Gasteiger partial charge in [-0.3, -0.25) is 14.5 Å². The predicted molar refractivity (Wildman–Crippen MR) is 126 cm³/mol. The van der Waals surface area contributed by atoms with Crippen LogP contribution in [0.4, 0.5) is 0 Å². The number of likely N-dealkylation sites (tertiary alicyclic amines) is 1. The Balaban J connectivity index is 1.41. The Morgan fingerprint density at radius 3 is 2.38 bits per heavy atom. The largest absolute Gasteiger partial charge is 0.495 e. The molecule has 34 heavy (non-hydrogen) atoms. The Labute approximate surface area is 200 Å². The fourth-order valence-corrected chi connectivity index (χ4v) is 7.20. The van der Waals surface area contributed by atoms with Crippen LogP contribution in [0.5, 0.6) is 5.75 Å². The topological polar surface area (TPSA) is 92.8 Å². The number of amides is 2. The van der Waals surface area contributed by atoms with Crippen molar-refractivity contribution in [3.63, 3.8) is 0 Å². The maximum atomic E-state index is 13.5. The van der Waals surface area contributed by atoms with Crippen LogP contribution in [0.15, 0.2) is 47.4 Å². The number of fused-ring (bicyclic) bond motifs is 2. The predicted octanol–water partition coefficient (Wildman–Crippen LogP) is 3.73. The van der Waals surface area contributed by atoms with Crippen molar-refractivity contribution in [3.05, 3.63) is 59.2 Å². The van der Waals surface area contributed by atoms with Crippen LogP contribution in [0.3, 0.4) is 0 Å². The number of carbonyl (C=O) groups is 2. The van der Waals surface area contributed by atoms with Crippen molar-refractivity contribution in [2.24, 2.45) is 11.8 Å². The molecule has 3 aliphatic rings. The van der Waals surface area contributed by atoms with Crippen LogP contribution in [0.1, 0.15) is 61.3 Å². The molecule has 2 aromatic rings. The first-order valence-electron chi connectivity index (χ1n) is 12.0. The number of benzene rings is 2. The Kier molecular flexibility index (Phi) is 6.20. The van der Waals surface area contributed by atoms with Gasteiger partial charge in [0.25, 0.3) is 0 Å². The van der Waals surface area contributed by atoms with Crippen molar-refractivity contribution in [1.29, 1.82) is 0 Å². The van der Waals surface area contributed by atoms with Gasteiger partial charge in [-0.15, -0.1) is 0 Å². The van der Waals surface area contributed by atoms with Gasteiger partial charge >= 0.3 is 0 Å². The summed E-state index contributed by atoms with van der Waals surface area (Å²) < 4.78 is 35.2. The summed E-state index contributed by atoms with van der Waals surface area (Å²) >= 11 is 0. The van der Waals surface area contributed by atoms with Gasteiger partial charge in [-0.1, -0.05) is 43.2 Å². The summed E-state index contributed by atoms with van der Waals surface area (Å²) in [7, 11) is -2.48. The summed E-state index contributed by atoms with van der Waals surface area (Å²) in [4.78, 5) is 27.1. The molecule has 2 aliphatic carbocycles. The number of nitrogens with zero attached hydrogens (tertiary/aromatic N) is 1. The molecule has 3 atom stereocenters. The molecule has 2 amide bonds.